The lowest BCUT2D eigenvalue weighted by molar-refractivity contribution is 0.384. The normalized spacial score (nSPS) is 16.7. The maximum atomic E-state index is 12.8. The van der Waals surface area contributed by atoms with Gasteiger partial charge in [0.2, 0.25) is 10.0 Å². The van der Waals surface area contributed by atoms with Crippen molar-refractivity contribution in [3.8, 4) is 0 Å². The summed E-state index contributed by atoms with van der Waals surface area (Å²) in [5.41, 5.74) is 2.95. The molecule has 2 heterocycles. The number of rotatable bonds is 3. The van der Waals surface area contributed by atoms with Crippen molar-refractivity contribution in [1.29, 1.82) is 0 Å². The van der Waals surface area contributed by atoms with Gasteiger partial charge in [0, 0.05) is 45.1 Å². The second kappa shape index (κ2) is 5.98. The maximum Gasteiger partial charge on any atom is 0.246 e. The van der Waals surface area contributed by atoms with Gasteiger partial charge in [0.1, 0.15) is 4.90 Å². The molecule has 1 aromatic carbocycles. The average molecular weight is 334 g/mol. The first-order chi connectivity index (χ1) is 10.9. The Kier molecular flexibility index (Phi) is 4.16. The van der Waals surface area contributed by atoms with Gasteiger partial charge in [-0.3, -0.25) is 4.68 Å². The largest absolute Gasteiger partial charge is 0.369 e. The number of hydrogen-bond donors (Lipinski definition) is 0. The van der Waals surface area contributed by atoms with E-state index in [1.54, 1.807) is 29.2 Å². The van der Waals surface area contributed by atoms with Crippen LogP contribution in [-0.4, -0.2) is 48.7 Å². The summed E-state index contributed by atoms with van der Waals surface area (Å²) in [4.78, 5) is 2.56. The van der Waals surface area contributed by atoms with E-state index in [-0.39, 0.29) is 0 Å². The van der Waals surface area contributed by atoms with E-state index < -0.39 is 10.0 Å². The zero-order valence-corrected chi connectivity index (χ0v) is 14.5. The van der Waals surface area contributed by atoms with Crippen LogP contribution in [0.15, 0.2) is 35.4 Å². The van der Waals surface area contributed by atoms with Gasteiger partial charge in [0.15, 0.2) is 0 Å². The van der Waals surface area contributed by atoms with Gasteiger partial charge in [-0.15, -0.1) is 0 Å². The summed E-state index contributed by atoms with van der Waals surface area (Å²) in [7, 11) is -1.73. The molecule has 2 aromatic rings. The molecule has 0 radical (unpaired) electrons. The molecule has 1 aromatic heterocycles. The van der Waals surface area contributed by atoms with E-state index in [0.717, 1.165) is 0 Å². The zero-order valence-electron chi connectivity index (χ0n) is 13.7. The highest BCUT2D eigenvalue weighted by molar-refractivity contribution is 7.89. The first kappa shape index (κ1) is 16.0. The van der Waals surface area contributed by atoms with Crippen molar-refractivity contribution in [3.63, 3.8) is 0 Å². The Bertz CT molecular complexity index is 805. The molecule has 1 aliphatic heterocycles. The second-order valence-electron chi connectivity index (χ2n) is 5.93. The summed E-state index contributed by atoms with van der Waals surface area (Å²) >= 11 is 0. The minimum Gasteiger partial charge on any atom is -0.369 e. The zero-order chi connectivity index (χ0) is 16.6. The molecule has 0 amide bonds. The van der Waals surface area contributed by atoms with Gasteiger partial charge in [0.25, 0.3) is 0 Å². The molecule has 0 atom stereocenters. The standard InChI is InChI=1S/C16H22N4O2S/c1-13-6-4-5-7-15(13)19-8-10-20(11-9-19)23(21,22)16-12-18(3)17-14(16)2/h4-7,12H,8-11H2,1-3H3. The monoisotopic (exact) mass is 334 g/mol. The number of nitrogens with zero attached hydrogens (tertiary/aromatic N) is 4. The first-order valence-corrected chi connectivity index (χ1v) is 9.14. The Hall–Kier alpha value is -1.86. The Morgan fingerprint density at radius 3 is 2.26 bits per heavy atom. The van der Waals surface area contributed by atoms with E-state index >= 15 is 0 Å². The fourth-order valence-corrected chi connectivity index (χ4v) is 4.68. The fourth-order valence-electron chi connectivity index (χ4n) is 3.06. The predicted octanol–water partition coefficient (Wildman–Crippen LogP) is 1.55. The predicted molar refractivity (Wildman–Crippen MR) is 90.1 cm³/mol. The van der Waals surface area contributed by atoms with E-state index in [4.69, 9.17) is 0 Å². The third-order valence-electron chi connectivity index (χ3n) is 4.28. The molecule has 1 fully saturated rings. The lowest BCUT2D eigenvalue weighted by Crippen LogP contribution is -2.48. The Morgan fingerprint density at radius 2 is 1.70 bits per heavy atom. The highest BCUT2D eigenvalue weighted by atomic mass is 32.2. The third-order valence-corrected chi connectivity index (χ3v) is 6.28. The van der Waals surface area contributed by atoms with E-state index in [2.05, 4.69) is 29.1 Å². The number of benzene rings is 1. The van der Waals surface area contributed by atoms with Crippen LogP contribution in [0.3, 0.4) is 0 Å². The minimum absolute atomic E-state index is 0.310. The van der Waals surface area contributed by atoms with Crippen LogP contribution in [0.5, 0.6) is 0 Å². The maximum absolute atomic E-state index is 12.8. The third kappa shape index (κ3) is 2.98. The fraction of sp³-hybridized carbons (Fsp3) is 0.438. The number of piperazine rings is 1. The van der Waals surface area contributed by atoms with Crippen molar-refractivity contribution in [2.75, 3.05) is 31.1 Å². The summed E-state index contributed by atoms with van der Waals surface area (Å²) in [6, 6.07) is 8.21. The average Bonchev–Trinajstić information content (AvgIpc) is 2.87. The molecule has 0 N–H and O–H groups in total. The summed E-state index contributed by atoms with van der Waals surface area (Å²) in [6.07, 6.45) is 1.58. The number of aromatic nitrogens is 2. The highest BCUT2D eigenvalue weighted by Crippen LogP contribution is 2.24. The highest BCUT2D eigenvalue weighted by Gasteiger charge is 2.31. The topological polar surface area (TPSA) is 58.4 Å². The Labute approximate surface area is 137 Å². The summed E-state index contributed by atoms with van der Waals surface area (Å²) in [6.45, 7) is 6.19. The quantitative estimate of drug-likeness (QED) is 0.854. The van der Waals surface area contributed by atoms with Crippen molar-refractivity contribution in [2.24, 2.45) is 7.05 Å². The van der Waals surface area contributed by atoms with Gasteiger partial charge in [-0.2, -0.15) is 9.40 Å². The van der Waals surface area contributed by atoms with E-state index in [1.165, 1.54) is 11.3 Å². The molecule has 7 heteroatoms. The molecule has 0 aliphatic carbocycles. The van der Waals surface area contributed by atoms with Gasteiger partial charge in [-0.25, -0.2) is 8.42 Å². The molecular formula is C16H22N4O2S. The van der Waals surface area contributed by atoms with Crippen molar-refractivity contribution in [1.82, 2.24) is 14.1 Å². The summed E-state index contributed by atoms with van der Waals surface area (Å²) in [5.74, 6) is 0. The molecule has 1 saturated heterocycles. The summed E-state index contributed by atoms with van der Waals surface area (Å²) in [5, 5.41) is 4.15. The van der Waals surface area contributed by atoms with Crippen LogP contribution >= 0.6 is 0 Å². The van der Waals surface area contributed by atoms with E-state index in [0.29, 0.717) is 36.8 Å². The molecule has 124 valence electrons. The molecule has 0 unspecified atom stereocenters. The van der Waals surface area contributed by atoms with Crippen LogP contribution in [0, 0.1) is 13.8 Å². The van der Waals surface area contributed by atoms with Crippen LogP contribution < -0.4 is 4.90 Å². The van der Waals surface area contributed by atoms with E-state index in [1.807, 2.05) is 12.1 Å². The first-order valence-electron chi connectivity index (χ1n) is 7.70. The molecule has 0 spiro atoms. The Morgan fingerprint density at radius 1 is 1.04 bits per heavy atom. The molecule has 6 nitrogen and oxygen atoms in total. The SMILES string of the molecule is Cc1ccccc1N1CCN(S(=O)(=O)c2cn(C)nc2C)CC1. The van der Waals surface area contributed by atoms with Crippen molar-refractivity contribution in [3.05, 3.63) is 41.7 Å². The molecule has 1 aliphatic rings. The van der Waals surface area contributed by atoms with Gasteiger partial charge in [-0.1, -0.05) is 18.2 Å². The van der Waals surface area contributed by atoms with Crippen molar-refractivity contribution >= 4 is 15.7 Å². The molecular weight excluding hydrogens is 312 g/mol. The van der Waals surface area contributed by atoms with E-state index in [9.17, 15) is 8.42 Å². The van der Waals surface area contributed by atoms with Crippen LogP contribution in [0.2, 0.25) is 0 Å². The van der Waals surface area contributed by atoms with Gasteiger partial charge in [0.05, 0.1) is 5.69 Å². The molecule has 0 saturated carbocycles. The Balaban J connectivity index is 1.76. The van der Waals surface area contributed by atoms with Crippen molar-refractivity contribution < 1.29 is 8.42 Å². The molecule has 23 heavy (non-hydrogen) atoms. The van der Waals surface area contributed by atoms with Crippen LogP contribution in [0.25, 0.3) is 0 Å². The number of para-hydroxylation sites is 1. The molecule has 0 bridgehead atoms. The summed E-state index contributed by atoms with van der Waals surface area (Å²) < 4.78 is 28.7. The lowest BCUT2D eigenvalue weighted by Gasteiger charge is -2.36. The van der Waals surface area contributed by atoms with Gasteiger partial charge in [-0.05, 0) is 25.5 Å². The van der Waals surface area contributed by atoms with Gasteiger partial charge < -0.3 is 4.90 Å². The smallest absolute Gasteiger partial charge is 0.246 e. The lowest BCUT2D eigenvalue weighted by atomic mass is 10.1. The minimum atomic E-state index is -3.46. The number of aryl methyl sites for hydroxylation is 3. The van der Waals surface area contributed by atoms with Crippen LogP contribution in [-0.2, 0) is 17.1 Å². The van der Waals surface area contributed by atoms with Gasteiger partial charge >= 0.3 is 0 Å². The number of anilines is 1. The van der Waals surface area contributed by atoms with Crippen LogP contribution in [0.4, 0.5) is 5.69 Å². The number of sulfonamides is 1. The number of hydrogen-bond acceptors (Lipinski definition) is 4. The molecule has 3 rings (SSSR count). The van der Waals surface area contributed by atoms with Crippen LogP contribution in [0.1, 0.15) is 11.3 Å². The second-order valence-corrected chi connectivity index (χ2v) is 7.84. The van der Waals surface area contributed by atoms with Crippen molar-refractivity contribution in [2.45, 2.75) is 18.7 Å².